The molecule has 0 atom stereocenters. The van der Waals surface area contributed by atoms with Crippen LogP contribution in [0.15, 0.2) is 6.07 Å². The van der Waals surface area contributed by atoms with Gasteiger partial charge >= 0.3 is 0 Å². The number of hydrogen-bond donors (Lipinski definition) is 2. The number of imidazole rings is 1. The highest BCUT2D eigenvalue weighted by atomic mass is 16.5. The number of fused-ring (bicyclic) bond motifs is 1. The third-order valence-electron chi connectivity index (χ3n) is 2.90. The summed E-state index contributed by atoms with van der Waals surface area (Å²) in [6, 6.07) is 1.97. The Balaban J connectivity index is 2.08. The molecule has 1 aliphatic heterocycles. The highest BCUT2D eigenvalue weighted by Gasteiger charge is 2.25. The fraction of sp³-hybridized carbons (Fsp3) is 0.400. The lowest BCUT2D eigenvalue weighted by Crippen LogP contribution is -2.12. The minimum absolute atomic E-state index is 0.493. The number of hydrogen-bond acceptors (Lipinski definition) is 4. The van der Waals surface area contributed by atoms with E-state index in [-0.39, 0.29) is 0 Å². The molecule has 1 aliphatic rings. The number of nitrogens with zero attached hydrogens (tertiary/aromatic N) is 4. The van der Waals surface area contributed by atoms with Crippen LogP contribution in [0.4, 0.5) is 0 Å². The number of aromatic amines is 1. The molecule has 6 heteroatoms. The molecule has 2 aromatic rings. The van der Waals surface area contributed by atoms with Gasteiger partial charge in [-0.3, -0.25) is 5.10 Å². The van der Waals surface area contributed by atoms with Gasteiger partial charge in [0.05, 0.1) is 24.5 Å². The third kappa shape index (κ3) is 1.27. The first-order chi connectivity index (χ1) is 7.65. The van der Waals surface area contributed by atoms with E-state index >= 15 is 0 Å². The fourth-order valence-corrected chi connectivity index (χ4v) is 2.08. The van der Waals surface area contributed by atoms with Gasteiger partial charge in [-0.1, -0.05) is 0 Å². The number of nitrogens with one attached hydrogen (secondary N) is 1. The van der Waals surface area contributed by atoms with E-state index in [1.165, 1.54) is 5.06 Å². The highest BCUT2D eigenvalue weighted by Crippen LogP contribution is 2.26. The lowest BCUT2D eigenvalue weighted by Gasteiger charge is -2.06. The third-order valence-corrected chi connectivity index (χ3v) is 2.90. The lowest BCUT2D eigenvalue weighted by atomic mass is 10.3. The van der Waals surface area contributed by atoms with Gasteiger partial charge in [0, 0.05) is 12.7 Å². The molecule has 0 fully saturated rings. The average Bonchev–Trinajstić information content (AvgIpc) is 2.85. The summed E-state index contributed by atoms with van der Waals surface area (Å²) in [6.07, 6.45) is 0. The molecule has 0 aromatic carbocycles. The fourth-order valence-electron chi connectivity index (χ4n) is 2.08. The molecule has 3 rings (SSSR count). The van der Waals surface area contributed by atoms with E-state index in [4.69, 9.17) is 0 Å². The van der Waals surface area contributed by atoms with E-state index in [1.54, 1.807) is 0 Å². The van der Waals surface area contributed by atoms with Crippen molar-refractivity contribution in [3.8, 4) is 11.5 Å². The van der Waals surface area contributed by atoms with Crippen molar-refractivity contribution in [2.45, 2.75) is 20.0 Å². The van der Waals surface area contributed by atoms with Gasteiger partial charge in [0.15, 0.2) is 5.82 Å². The van der Waals surface area contributed by atoms with Crippen LogP contribution in [-0.4, -0.2) is 30.0 Å². The van der Waals surface area contributed by atoms with Gasteiger partial charge in [-0.2, -0.15) is 10.2 Å². The first-order valence-corrected chi connectivity index (χ1v) is 5.16. The Labute approximate surface area is 92.5 Å². The maximum atomic E-state index is 9.39. The van der Waals surface area contributed by atoms with E-state index in [0.717, 1.165) is 28.6 Å². The van der Waals surface area contributed by atoms with Crippen molar-refractivity contribution in [2.24, 2.45) is 7.05 Å². The Bertz CT molecular complexity index is 541. The molecule has 3 heterocycles. The molecule has 84 valence electrons. The Morgan fingerprint density at radius 2 is 2.25 bits per heavy atom. The zero-order valence-electron chi connectivity index (χ0n) is 9.23. The Morgan fingerprint density at radius 3 is 2.88 bits per heavy atom. The minimum atomic E-state index is 0.493. The summed E-state index contributed by atoms with van der Waals surface area (Å²) in [7, 11) is 1.95. The van der Waals surface area contributed by atoms with Crippen molar-refractivity contribution >= 4 is 0 Å². The van der Waals surface area contributed by atoms with Crippen LogP contribution in [0, 0.1) is 6.92 Å². The van der Waals surface area contributed by atoms with Gasteiger partial charge < -0.3 is 9.77 Å². The molecular weight excluding hydrogens is 206 g/mol. The Hall–Kier alpha value is -1.66. The second-order valence-electron chi connectivity index (χ2n) is 4.15. The molecule has 0 radical (unpaired) electrons. The molecule has 0 bridgehead atoms. The number of aryl methyl sites for hydroxylation is 1. The number of H-pyrrole nitrogens is 1. The Morgan fingerprint density at radius 1 is 1.44 bits per heavy atom. The topological polar surface area (TPSA) is 70.0 Å². The largest absolute Gasteiger partial charge is 0.328 e. The molecule has 0 saturated heterocycles. The summed E-state index contributed by atoms with van der Waals surface area (Å²) in [4.78, 5) is 4.50. The first-order valence-electron chi connectivity index (χ1n) is 5.16. The van der Waals surface area contributed by atoms with E-state index in [0.29, 0.717) is 13.1 Å². The summed E-state index contributed by atoms with van der Waals surface area (Å²) >= 11 is 0. The van der Waals surface area contributed by atoms with Crippen molar-refractivity contribution in [3.05, 3.63) is 23.1 Å². The van der Waals surface area contributed by atoms with Crippen LogP contribution in [0.3, 0.4) is 0 Å². The maximum absolute atomic E-state index is 9.39. The zero-order chi connectivity index (χ0) is 11.3. The van der Waals surface area contributed by atoms with Crippen LogP contribution in [-0.2, 0) is 20.1 Å². The van der Waals surface area contributed by atoms with Gasteiger partial charge in [-0.15, -0.1) is 0 Å². The van der Waals surface area contributed by atoms with Crippen molar-refractivity contribution in [2.75, 3.05) is 0 Å². The normalized spacial score (nSPS) is 15.7. The van der Waals surface area contributed by atoms with Crippen LogP contribution >= 0.6 is 0 Å². The molecular formula is C10H13N5O. The molecule has 0 saturated carbocycles. The first kappa shape index (κ1) is 9.56. The quantitative estimate of drug-likeness (QED) is 0.745. The molecule has 0 unspecified atom stereocenters. The van der Waals surface area contributed by atoms with Crippen LogP contribution < -0.4 is 0 Å². The number of aromatic nitrogens is 4. The minimum Gasteiger partial charge on any atom is -0.328 e. The monoisotopic (exact) mass is 219 g/mol. The summed E-state index contributed by atoms with van der Waals surface area (Å²) in [6.45, 7) is 2.98. The van der Waals surface area contributed by atoms with Crippen molar-refractivity contribution in [1.82, 2.24) is 24.8 Å². The van der Waals surface area contributed by atoms with Gasteiger partial charge in [-0.05, 0) is 13.0 Å². The summed E-state index contributed by atoms with van der Waals surface area (Å²) < 4.78 is 1.99. The number of rotatable bonds is 1. The standard InChI is InChI=1S/C10H13N5O/c1-6-3-7(13-12-6)10-11-8-4-15(16)5-9(8)14(10)2/h3,16H,4-5H2,1-2H3,(H,12,13). The predicted octanol–water partition coefficient (Wildman–Crippen LogP) is 0.823. The smallest absolute Gasteiger partial charge is 0.160 e. The van der Waals surface area contributed by atoms with Crippen molar-refractivity contribution in [3.63, 3.8) is 0 Å². The van der Waals surface area contributed by atoms with E-state index in [1.807, 2.05) is 24.6 Å². The summed E-state index contributed by atoms with van der Waals surface area (Å²) in [5, 5.41) is 17.7. The molecule has 0 amide bonds. The molecule has 2 N–H and O–H groups in total. The second kappa shape index (κ2) is 3.16. The van der Waals surface area contributed by atoms with Gasteiger partial charge in [-0.25, -0.2) is 4.98 Å². The van der Waals surface area contributed by atoms with Gasteiger partial charge in [0.25, 0.3) is 0 Å². The highest BCUT2D eigenvalue weighted by molar-refractivity contribution is 5.52. The lowest BCUT2D eigenvalue weighted by molar-refractivity contribution is -0.0984. The van der Waals surface area contributed by atoms with Gasteiger partial charge in [0.2, 0.25) is 0 Å². The molecule has 2 aromatic heterocycles. The van der Waals surface area contributed by atoms with E-state index in [2.05, 4.69) is 15.2 Å². The van der Waals surface area contributed by atoms with Crippen LogP contribution in [0.1, 0.15) is 17.1 Å². The zero-order valence-corrected chi connectivity index (χ0v) is 9.23. The summed E-state index contributed by atoms with van der Waals surface area (Å²) in [5.74, 6) is 0.849. The molecule has 0 spiro atoms. The van der Waals surface area contributed by atoms with Crippen molar-refractivity contribution in [1.29, 1.82) is 0 Å². The van der Waals surface area contributed by atoms with Gasteiger partial charge in [0.1, 0.15) is 5.69 Å². The Kier molecular flexibility index (Phi) is 1.89. The SMILES string of the molecule is Cc1cc(-c2nc3c(n2C)CN(O)C3)n[nH]1. The van der Waals surface area contributed by atoms with Crippen LogP contribution in [0.2, 0.25) is 0 Å². The second-order valence-corrected chi connectivity index (χ2v) is 4.15. The number of hydroxylamine groups is 2. The maximum Gasteiger partial charge on any atom is 0.160 e. The van der Waals surface area contributed by atoms with E-state index in [9.17, 15) is 5.21 Å². The van der Waals surface area contributed by atoms with Crippen LogP contribution in [0.5, 0.6) is 0 Å². The van der Waals surface area contributed by atoms with E-state index < -0.39 is 0 Å². The summed E-state index contributed by atoms with van der Waals surface area (Å²) in [5.41, 5.74) is 3.85. The molecule has 0 aliphatic carbocycles. The predicted molar refractivity (Wildman–Crippen MR) is 56.6 cm³/mol. The van der Waals surface area contributed by atoms with Crippen molar-refractivity contribution < 1.29 is 5.21 Å². The average molecular weight is 219 g/mol. The molecule has 6 nitrogen and oxygen atoms in total. The van der Waals surface area contributed by atoms with Crippen LogP contribution in [0.25, 0.3) is 11.5 Å². The molecule has 16 heavy (non-hydrogen) atoms.